The van der Waals surface area contributed by atoms with Gasteiger partial charge in [-0.25, -0.2) is 0 Å². The van der Waals surface area contributed by atoms with E-state index in [0.717, 1.165) is 51.6 Å². The van der Waals surface area contributed by atoms with Gasteiger partial charge in [-0.1, -0.05) is 0 Å². The molecule has 5 heteroatoms. The minimum atomic E-state index is 0. The Balaban J connectivity index is 0.00000256. The molecule has 0 bridgehead atoms. The summed E-state index contributed by atoms with van der Waals surface area (Å²) < 4.78 is 5.27. The highest BCUT2D eigenvalue weighted by Gasteiger charge is 2.11. The van der Waals surface area contributed by atoms with E-state index >= 15 is 0 Å². The molecule has 17 heavy (non-hydrogen) atoms. The monoisotopic (exact) mass is 355 g/mol. The van der Waals surface area contributed by atoms with Crippen LogP contribution in [0.1, 0.15) is 39.0 Å². The number of rotatable bonds is 6. The first-order valence-corrected chi connectivity index (χ1v) is 6.47. The van der Waals surface area contributed by atoms with Crippen LogP contribution in [0.15, 0.2) is 4.99 Å². The smallest absolute Gasteiger partial charge is 0.191 e. The second-order valence-corrected chi connectivity index (χ2v) is 4.19. The minimum Gasteiger partial charge on any atom is -0.382 e. The number of nitrogens with two attached hydrogens (primary N) is 1. The lowest BCUT2D eigenvalue weighted by Gasteiger charge is -2.27. The van der Waals surface area contributed by atoms with Crippen molar-refractivity contribution in [2.45, 2.75) is 39.0 Å². The van der Waals surface area contributed by atoms with E-state index in [0.29, 0.717) is 0 Å². The lowest BCUT2D eigenvalue weighted by molar-refractivity contribution is 0.144. The Kier molecular flexibility index (Phi) is 11.0. The van der Waals surface area contributed by atoms with Gasteiger partial charge in [0, 0.05) is 32.8 Å². The number of unbranched alkanes of at least 4 members (excludes halogenated alkanes) is 1. The van der Waals surface area contributed by atoms with Crippen molar-refractivity contribution < 1.29 is 4.74 Å². The Bertz CT molecular complexity index is 206. The summed E-state index contributed by atoms with van der Waals surface area (Å²) in [5, 5.41) is 0. The lowest BCUT2D eigenvalue weighted by Crippen LogP contribution is -2.40. The molecule has 0 saturated carbocycles. The van der Waals surface area contributed by atoms with Crippen LogP contribution in [0.2, 0.25) is 0 Å². The highest BCUT2D eigenvalue weighted by Crippen LogP contribution is 2.07. The van der Waals surface area contributed by atoms with Gasteiger partial charge in [0.15, 0.2) is 5.96 Å². The SMILES string of the molecule is CCOCCCCN=C(N)N1CCCCC1.I. The largest absolute Gasteiger partial charge is 0.382 e. The summed E-state index contributed by atoms with van der Waals surface area (Å²) in [5.74, 6) is 0.733. The van der Waals surface area contributed by atoms with Crippen LogP contribution in [0, 0.1) is 0 Å². The average molecular weight is 355 g/mol. The molecular formula is C12H26IN3O. The topological polar surface area (TPSA) is 50.9 Å². The quantitative estimate of drug-likeness (QED) is 0.344. The predicted octanol–water partition coefficient (Wildman–Crippen LogP) is 2.22. The molecule has 1 aliphatic heterocycles. The van der Waals surface area contributed by atoms with E-state index < -0.39 is 0 Å². The van der Waals surface area contributed by atoms with Gasteiger partial charge < -0.3 is 15.4 Å². The van der Waals surface area contributed by atoms with E-state index in [-0.39, 0.29) is 24.0 Å². The fraction of sp³-hybridized carbons (Fsp3) is 0.917. The molecule has 1 saturated heterocycles. The standard InChI is InChI=1S/C12H25N3O.HI/c1-2-16-11-7-4-8-14-12(13)15-9-5-3-6-10-15;/h2-11H2,1H3,(H2,13,14);1H. The maximum absolute atomic E-state index is 5.93. The molecule has 0 aromatic heterocycles. The van der Waals surface area contributed by atoms with Gasteiger partial charge in [-0.15, -0.1) is 24.0 Å². The van der Waals surface area contributed by atoms with Gasteiger partial charge >= 0.3 is 0 Å². The normalized spacial score (nSPS) is 16.8. The minimum absolute atomic E-state index is 0. The Hall–Kier alpha value is -0.0400. The Morgan fingerprint density at radius 3 is 2.59 bits per heavy atom. The number of likely N-dealkylation sites (tertiary alicyclic amines) is 1. The zero-order valence-corrected chi connectivity index (χ0v) is 13.2. The van der Waals surface area contributed by atoms with Gasteiger partial charge in [-0.05, 0) is 39.0 Å². The fourth-order valence-electron chi connectivity index (χ4n) is 1.88. The summed E-state index contributed by atoms with van der Waals surface area (Å²) >= 11 is 0. The summed E-state index contributed by atoms with van der Waals surface area (Å²) in [4.78, 5) is 6.61. The number of ether oxygens (including phenoxy) is 1. The third-order valence-electron chi connectivity index (χ3n) is 2.85. The predicted molar refractivity (Wildman–Crippen MR) is 83.1 cm³/mol. The molecule has 0 atom stereocenters. The van der Waals surface area contributed by atoms with E-state index in [4.69, 9.17) is 10.5 Å². The fourth-order valence-corrected chi connectivity index (χ4v) is 1.88. The summed E-state index contributed by atoms with van der Waals surface area (Å²) in [6.45, 7) is 6.65. The third kappa shape index (κ3) is 7.81. The molecule has 0 unspecified atom stereocenters. The van der Waals surface area contributed by atoms with Crippen molar-refractivity contribution in [3.8, 4) is 0 Å². The summed E-state index contributed by atoms with van der Waals surface area (Å²) in [6, 6.07) is 0. The first-order chi connectivity index (χ1) is 7.84. The van der Waals surface area contributed by atoms with Crippen molar-refractivity contribution in [2.75, 3.05) is 32.8 Å². The molecule has 1 heterocycles. The first-order valence-electron chi connectivity index (χ1n) is 6.47. The molecule has 0 amide bonds. The molecule has 2 N–H and O–H groups in total. The lowest BCUT2D eigenvalue weighted by atomic mass is 10.1. The molecular weight excluding hydrogens is 329 g/mol. The third-order valence-corrected chi connectivity index (χ3v) is 2.85. The van der Waals surface area contributed by atoms with E-state index in [1.807, 2.05) is 6.92 Å². The highest BCUT2D eigenvalue weighted by molar-refractivity contribution is 14.0. The molecule has 4 nitrogen and oxygen atoms in total. The molecule has 0 radical (unpaired) electrons. The number of hydrogen-bond acceptors (Lipinski definition) is 2. The van der Waals surface area contributed by atoms with Crippen LogP contribution in [0.3, 0.4) is 0 Å². The number of guanidine groups is 1. The second kappa shape index (κ2) is 11.1. The highest BCUT2D eigenvalue weighted by atomic mass is 127. The Morgan fingerprint density at radius 1 is 1.24 bits per heavy atom. The maximum Gasteiger partial charge on any atom is 0.191 e. The number of hydrogen-bond donors (Lipinski definition) is 1. The van der Waals surface area contributed by atoms with Crippen molar-refractivity contribution in [2.24, 2.45) is 10.7 Å². The molecule has 1 aliphatic rings. The zero-order valence-electron chi connectivity index (χ0n) is 10.9. The van der Waals surface area contributed by atoms with Crippen molar-refractivity contribution in [3.05, 3.63) is 0 Å². The molecule has 0 spiro atoms. The second-order valence-electron chi connectivity index (χ2n) is 4.19. The van der Waals surface area contributed by atoms with Gasteiger partial charge in [0.25, 0.3) is 0 Å². The van der Waals surface area contributed by atoms with Crippen LogP contribution < -0.4 is 5.73 Å². The van der Waals surface area contributed by atoms with Gasteiger partial charge in [-0.2, -0.15) is 0 Å². The molecule has 1 fully saturated rings. The molecule has 1 rings (SSSR count). The van der Waals surface area contributed by atoms with Gasteiger partial charge in [0.2, 0.25) is 0 Å². The summed E-state index contributed by atoms with van der Waals surface area (Å²) in [5.41, 5.74) is 5.93. The van der Waals surface area contributed by atoms with E-state index in [9.17, 15) is 0 Å². The summed E-state index contributed by atoms with van der Waals surface area (Å²) in [6.07, 6.45) is 5.97. The molecule has 0 aromatic rings. The number of aliphatic imine (C=N–C) groups is 1. The van der Waals surface area contributed by atoms with E-state index in [2.05, 4.69) is 9.89 Å². The van der Waals surface area contributed by atoms with Crippen molar-refractivity contribution in [1.29, 1.82) is 0 Å². The Morgan fingerprint density at radius 2 is 1.94 bits per heavy atom. The van der Waals surface area contributed by atoms with E-state index in [1.54, 1.807) is 0 Å². The molecule has 0 aromatic carbocycles. The van der Waals surface area contributed by atoms with Crippen molar-refractivity contribution in [3.63, 3.8) is 0 Å². The first kappa shape index (κ1) is 17.0. The van der Waals surface area contributed by atoms with Crippen LogP contribution in [0.25, 0.3) is 0 Å². The van der Waals surface area contributed by atoms with Crippen LogP contribution in [0.5, 0.6) is 0 Å². The Labute approximate surface area is 122 Å². The van der Waals surface area contributed by atoms with Crippen LogP contribution >= 0.6 is 24.0 Å². The van der Waals surface area contributed by atoms with Crippen molar-refractivity contribution >= 4 is 29.9 Å². The van der Waals surface area contributed by atoms with Gasteiger partial charge in [0.05, 0.1) is 0 Å². The summed E-state index contributed by atoms with van der Waals surface area (Å²) in [7, 11) is 0. The van der Waals surface area contributed by atoms with Crippen LogP contribution in [0.4, 0.5) is 0 Å². The number of piperidine rings is 1. The zero-order chi connectivity index (χ0) is 11.6. The average Bonchev–Trinajstić information content (AvgIpc) is 2.34. The maximum atomic E-state index is 5.93. The van der Waals surface area contributed by atoms with Gasteiger partial charge in [-0.3, -0.25) is 4.99 Å². The number of nitrogens with zero attached hydrogens (tertiary/aromatic N) is 2. The van der Waals surface area contributed by atoms with Crippen LogP contribution in [-0.2, 0) is 4.74 Å². The van der Waals surface area contributed by atoms with E-state index in [1.165, 1.54) is 19.3 Å². The molecule has 102 valence electrons. The van der Waals surface area contributed by atoms with Gasteiger partial charge in [0.1, 0.15) is 0 Å². The van der Waals surface area contributed by atoms with Crippen LogP contribution in [-0.4, -0.2) is 43.7 Å². The van der Waals surface area contributed by atoms with Crippen molar-refractivity contribution in [1.82, 2.24) is 4.90 Å². The number of halogens is 1. The molecule has 0 aliphatic carbocycles.